The first-order chi connectivity index (χ1) is 11.9. The minimum Gasteiger partial charge on any atom is -0.480 e. The fraction of sp³-hybridized carbons (Fsp3) is 0.556. The van der Waals surface area contributed by atoms with Gasteiger partial charge in [-0.25, -0.2) is 0 Å². The van der Waals surface area contributed by atoms with Crippen LogP contribution in [0.2, 0.25) is 10.0 Å². The molecule has 2 fully saturated rings. The molecule has 3 rings (SSSR count). The maximum absolute atomic E-state index is 12.2. The van der Waals surface area contributed by atoms with E-state index in [9.17, 15) is 9.59 Å². The largest absolute Gasteiger partial charge is 0.480 e. The molecule has 0 unspecified atom stereocenters. The van der Waals surface area contributed by atoms with Gasteiger partial charge in [0.05, 0.1) is 13.0 Å². The smallest absolute Gasteiger partial charge is 0.317 e. The molecule has 1 amide bonds. The van der Waals surface area contributed by atoms with Crippen molar-refractivity contribution in [3.63, 3.8) is 0 Å². The minimum atomic E-state index is -0.790. The Hall–Kier alpha value is -1.30. The third-order valence-corrected chi connectivity index (χ3v) is 5.63. The maximum atomic E-state index is 12.2. The van der Waals surface area contributed by atoms with Crippen LogP contribution in [0.5, 0.6) is 0 Å². The van der Waals surface area contributed by atoms with Crippen LogP contribution >= 0.6 is 23.2 Å². The third kappa shape index (κ3) is 5.09. The van der Waals surface area contributed by atoms with Gasteiger partial charge < -0.3 is 10.4 Å². The van der Waals surface area contributed by atoms with Crippen LogP contribution in [0.25, 0.3) is 0 Å². The minimum absolute atomic E-state index is 0.0804. The number of carboxylic acid groups (broad SMARTS) is 1. The molecule has 2 aliphatic carbocycles. The van der Waals surface area contributed by atoms with E-state index < -0.39 is 5.97 Å². The molecule has 0 bridgehead atoms. The Bertz CT molecular complexity index is 637. The van der Waals surface area contributed by atoms with E-state index in [1.54, 1.807) is 18.2 Å². The number of hydrogen-bond acceptors (Lipinski definition) is 3. The number of amides is 1. The summed E-state index contributed by atoms with van der Waals surface area (Å²) in [5, 5.41) is 13.1. The molecule has 0 atom stereocenters. The molecular weight excluding hydrogens is 363 g/mol. The van der Waals surface area contributed by atoms with Gasteiger partial charge in [0.1, 0.15) is 0 Å². The van der Waals surface area contributed by atoms with Gasteiger partial charge in [-0.3, -0.25) is 14.5 Å². The van der Waals surface area contributed by atoms with Gasteiger partial charge in [0, 0.05) is 28.7 Å². The van der Waals surface area contributed by atoms with Crippen molar-refractivity contribution in [1.29, 1.82) is 0 Å². The van der Waals surface area contributed by atoms with Crippen LogP contribution in [0.15, 0.2) is 18.2 Å². The second-order valence-corrected chi connectivity index (χ2v) is 7.85. The van der Waals surface area contributed by atoms with Crippen LogP contribution in [-0.4, -0.2) is 47.1 Å². The van der Waals surface area contributed by atoms with Crippen LogP contribution in [-0.2, 0) is 16.0 Å². The predicted molar refractivity (Wildman–Crippen MR) is 97.1 cm³/mol. The van der Waals surface area contributed by atoms with Crippen molar-refractivity contribution < 1.29 is 14.7 Å². The standard InChI is InChI=1S/C18H22Cl2N2O3/c19-15-2-1-3-16(20)14(15)8-17(23)21-12-6-13(7-12)22(10-18(24)25)9-11-4-5-11/h1-3,11-13H,4-10H2,(H,21,23)(H,24,25). The lowest BCUT2D eigenvalue weighted by atomic mass is 9.85. The van der Waals surface area contributed by atoms with Gasteiger partial charge in [0.2, 0.25) is 5.91 Å². The number of carbonyl (C=O) groups excluding carboxylic acids is 1. The maximum Gasteiger partial charge on any atom is 0.317 e. The predicted octanol–water partition coefficient (Wildman–Crippen LogP) is 2.98. The summed E-state index contributed by atoms with van der Waals surface area (Å²) in [6, 6.07) is 5.52. The highest BCUT2D eigenvalue weighted by atomic mass is 35.5. The van der Waals surface area contributed by atoms with Crippen molar-refractivity contribution in [2.75, 3.05) is 13.1 Å². The topological polar surface area (TPSA) is 69.6 Å². The SMILES string of the molecule is O=C(O)CN(CC1CC1)C1CC(NC(=O)Cc2c(Cl)cccc2Cl)C1. The summed E-state index contributed by atoms with van der Waals surface area (Å²) in [5.74, 6) is -0.248. The second kappa shape index (κ2) is 7.94. The van der Waals surface area contributed by atoms with Gasteiger partial charge in [-0.05, 0) is 49.3 Å². The summed E-state index contributed by atoms with van der Waals surface area (Å²) < 4.78 is 0. The van der Waals surface area contributed by atoms with E-state index in [-0.39, 0.29) is 31.0 Å². The highest BCUT2D eigenvalue weighted by molar-refractivity contribution is 6.36. The first kappa shape index (κ1) is 18.5. The normalized spacial score (nSPS) is 22.5. The molecule has 2 saturated carbocycles. The molecule has 1 aromatic carbocycles. The molecule has 7 heteroatoms. The average Bonchev–Trinajstić information content (AvgIpc) is 3.29. The molecule has 5 nitrogen and oxygen atoms in total. The van der Waals surface area contributed by atoms with Crippen LogP contribution in [0.1, 0.15) is 31.2 Å². The zero-order chi connectivity index (χ0) is 18.0. The summed E-state index contributed by atoms with van der Waals surface area (Å²) in [7, 11) is 0. The number of benzene rings is 1. The fourth-order valence-electron chi connectivity index (χ4n) is 3.29. The number of carbonyl (C=O) groups is 2. The first-order valence-electron chi connectivity index (χ1n) is 8.60. The van der Waals surface area contributed by atoms with Gasteiger partial charge in [0.25, 0.3) is 0 Å². The monoisotopic (exact) mass is 384 g/mol. The molecule has 2 N–H and O–H groups in total. The molecular formula is C18H22Cl2N2O3. The number of halogens is 2. The number of aliphatic carboxylic acids is 1. The summed E-state index contributed by atoms with van der Waals surface area (Å²) in [6.07, 6.45) is 4.13. The first-order valence-corrected chi connectivity index (χ1v) is 9.36. The number of carboxylic acids is 1. The van der Waals surface area contributed by atoms with Crippen molar-refractivity contribution in [3.8, 4) is 0 Å². The summed E-state index contributed by atoms with van der Waals surface area (Å²) >= 11 is 12.2. The zero-order valence-corrected chi connectivity index (χ0v) is 15.4. The van der Waals surface area contributed by atoms with Crippen molar-refractivity contribution in [3.05, 3.63) is 33.8 Å². The van der Waals surface area contributed by atoms with Crippen molar-refractivity contribution >= 4 is 35.1 Å². The fourth-order valence-corrected chi connectivity index (χ4v) is 3.82. The Morgan fingerprint density at radius 2 is 1.84 bits per heavy atom. The molecule has 0 spiro atoms. The average molecular weight is 385 g/mol. The Balaban J connectivity index is 1.47. The van der Waals surface area contributed by atoms with Crippen LogP contribution < -0.4 is 5.32 Å². The molecule has 0 aliphatic heterocycles. The van der Waals surface area contributed by atoms with E-state index in [4.69, 9.17) is 28.3 Å². The van der Waals surface area contributed by atoms with Crippen LogP contribution in [0.3, 0.4) is 0 Å². The molecule has 136 valence electrons. The Morgan fingerprint density at radius 1 is 1.20 bits per heavy atom. The van der Waals surface area contributed by atoms with Gasteiger partial charge in [-0.2, -0.15) is 0 Å². The highest BCUT2D eigenvalue weighted by Gasteiger charge is 2.37. The van der Waals surface area contributed by atoms with Crippen molar-refractivity contribution in [2.45, 2.75) is 44.2 Å². The summed E-state index contributed by atoms with van der Waals surface area (Å²) in [5.41, 5.74) is 0.639. The zero-order valence-electron chi connectivity index (χ0n) is 13.9. The summed E-state index contributed by atoms with van der Waals surface area (Å²) in [6.45, 7) is 0.934. The van der Waals surface area contributed by atoms with Gasteiger partial charge in [0.15, 0.2) is 0 Å². The van der Waals surface area contributed by atoms with E-state index in [1.165, 1.54) is 12.8 Å². The van der Waals surface area contributed by atoms with Gasteiger partial charge in [-0.1, -0.05) is 29.3 Å². The number of rotatable bonds is 8. The van der Waals surface area contributed by atoms with E-state index in [0.717, 1.165) is 19.4 Å². The molecule has 2 aliphatic rings. The molecule has 0 heterocycles. The second-order valence-electron chi connectivity index (χ2n) is 7.03. The Morgan fingerprint density at radius 3 is 2.40 bits per heavy atom. The van der Waals surface area contributed by atoms with Crippen molar-refractivity contribution in [1.82, 2.24) is 10.2 Å². The molecule has 25 heavy (non-hydrogen) atoms. The molecule has 0 saturated heterocycles. The lowest BCUT2D eigenvalue weighted by Gasteiger charge is -2.42. The molecule has 0 radical (unpaired) electrons. The Labute approximate surface area is 157 Å². The van der Waals surface area contributed by atoms with E-state index >= 15 is 0 Å². The lowest BCUT2D eigenvalue weighted by Crippen LogP contribution is -2.55. The summed E-state index contributed by atoms with van der Waals surface area (Å²) in [4.78, 5) is 25.3. The van der Waals surface area contributed by atoms with Crippen LogP contribution in [0.4, 0.5) is 0 Å². The Kier molecular flexibility index (Phi) is 5.87. The van der Waals surface area contributed by atoms with E-state index in [1.807, 2.05) is 4.90 Å². The molecule has 1 aromatic rings. The number of hydrogen-bond donors (Lipinski definition) is 2. The number of nitrogens with zero attached hydrogens (tertiary/aromatic N) is 1. The molecule has 0 aromatic heterocycles. The third-order valence-electron chi connectivity index (χ3n) is 4.92. The van der Waals surface area contributed by atoms with Crippen molar-refractivity contribution in [2.24, 2.45) is 5.92 Å². The van der Waals surface area contributed by atoms with E-state index in [2.05, 4.69) is 5.32 Å². The number of nitrogens with one attached hydrogen (secondary N) is 1. The van der Waals surface area contributed by atoms with E-state index in [0.29, 0.717) is 21.5 Å². The van der Waals surface area contributed by atoms with Crippen LogP contribution in [0, 0.1) is 5.92 Å². The highest BCUT2D eigenvalue weighted by Crippen LogP contribution is 2.34. The lowest BCUT2D eigenvalue weighted by molar-refractivity contribution is -0.140. The van der Waals surface area contributed by atoms with Gasteiger partial charge in [-0.15, -0.1) is 0 Å². The quantitative estimate of drug-likeness (QED) is 0.722. The van der Waals surface area contributed by atoms with Gasteiger partial charge >= 0.3 is 5.97 Å².